The van der Waals surface area contributed by atoms with Gasteiger partial charge in [0.15, 0.2) is 0 Å². The number of nitrogens with zero attached hydrogens (tertiary/aromatic N) is 1. The van der Waals surface area contributed by atoms with Crippen LogP contribution in [0.3, 0.4) is 0 Å². The minimum Gasteiger partial charge on any atom is -1.00 e. The van der Waals surface area contributed by atoms with E-state index in [0.717, 1.165) is 24.1 Å². The predicted octanol–water partition coefficient (Wildman–Crippen LogP) is -3.56. The molecule has 2 N–H and O–H groups in total. The summed E-state index contributed by atoms with van der Waals surface area (Å²) >= 11 is 0. The molecule has 0 atom stereocenters. The fourth-order valence-electron chi connectivity index (χ4n) is 0.911. The molecule has 4 heteroatoms. The molecule has 0 aliphatic heterocycles. The van der Waals surface area contributed by atoms with Crippen molar-refractivity contribution in [3.8, 4) is 0 Å². The van der Waals surface area contributed by atoms with Crippen molar-refractivity contribution in [1.82, 2.24) is 0 Å². The lowest BCUT2D eigenvalue weighted by Gasteiger charge is -2.31. The van der Waals surface area contributed by atoms with Crippen molar-refractivity contribution in [2.45, 2.75) is 6.92 Å². The van der Waals surface area contributed by atoms with Gasteiger partial charge in [0, 0.05) is 0 Å². The zero-order chi connectivity index (χ0) is 8.04. The first kappa shape index (κ1) is 13.9. The van der Waals surface area contributed by atoms with Gasteiger partial charge in [0.2, 0.25) is 0 Å². The molecule has 70 valence electrons. The van der Waals surface area contributed by atoms with Crippen LogP contribution in [0.2, 0.25) is 0 Å². The molecule has 0 amide bonds. The first-order valence-corrected chi connectivity index (χ1v) is 3.74. The summed E-state index contributed by atoms with van der Waals surface area (Å²) in [6, 6.07) is 0. The molecule has 0 aliphatic carbocycles. The Morgan fingerprint density at radius 1 is 1.09 bits per heavy atom. The lowest BCUT2D eigenvalue weighted by Crippen LogP contribution is -3.00. The summed E-state index contributed by atoms with van der Waals surface area (Å²) in [6.45, 7) is 4.88. The number of aliphatic hydroxyl groups excluding tert-OH is 2. The molecule has 0 saturated carbocycles. The van der Waals surface area contributed by atoms with Crippen molar-refractivity contribution in [2.24, 2.45) is 0 Å². The van der Waals surface area contributed by atoms with Crippen LogP contribution >= 0.6 is 0 Å². The van der Waals surface area contributed by atoms with E-state index in [-0.39, 0.29) is 30.2 Å². The zero-order valence-corrected chi connectivity index (χ0v) is 8.84. The van der Waals surface area contributed by atoms with Crippen LogP contribution in [0.4, 0.5) is 0 Å². The molecule has 0 aromatic heterocycles. The Labute approximate surface area is 79.0 Å². The Bertz CT molecular complexity index is 84.5. The fraction of sp³-hybridized carbons (Fsp3) is 1.00. The largest absolute Gasteiger partial charge is 1.00 e. The Morgan fingerprint density at radius 3 is 1.64 bits per heavy atom. The molecule has 0 aromatic rings. The number of hydrogen-bond acceptors (Lipinski definition) is 2. The van der Waals surface area contributed by atoms with Crippen molar-refractivity contribution < 1.29 is 31.7 Å². The van der Waals surface area contributed by atoms with E-state index < -0.39 is 0 Å². The van der Waals surface area contributed by atoms with Gasteiger partial charge in [0.25, 0.3) is 0 Å². The summed E-state index contributed by atoms with van der Waals surface area (Å²) in [4.78, 5) is 0. The van der Waals surface area contributed by atoms with Gasteiger partial charge in [-0.05, 0) is 6.92 Å². The van der Waals surface area contributed by atoms with Gasteiger partial charge in [-0.1, -0.05) is 0 Å². The van der Waals surface area contributed by atoms with E-state index in [0.29, 0.717) is 0 Å². The monoisotopic (exact) mass is 227 g/mol. The molecule has 3 nitrogen and oxygen atoms in total. The number of quaternary nitrogens is 1. The Hall–Kier alpha value is 0.360. The SMILES string of the molecule is CC[N+](C)(CCO)CCO.[Br-]. The maximum atomic E-state index is 8.66. The number of halogens is 1. The van der Waals surface area contributed by atoms with Crippen LogP contribution < -0.4 is 17.0 Å². The lowest BCUT2D eigenvalue weighted by molar-refractivity contribution is -0.908. The molecule has 11 heavy (non-hydrogen) atoms. The van der Waals surface area contributed by atoms with Crippen molar-refractivity contribution in [3.05, 3.63) is 0 Å². The third-order valence-electron chi connectivity index (χ3n) is 2.04. The van der Waals surface area contributed by atoms with Crippen LogP contribution in [-0.2, 0) is 0 Å². The highest BCUT2D eigenvalue weighted by Gasteiger charge is 2.16. The summed E-state index contributed by atoms with van der Waals surface area (Å²) in [7, 11) is 2.03. The van der Waals surface area contributed by atoms with E-state index in [1.165, 1.54) is 0 Å². The Morgan fingerprint density at radius 2 is 1.45 bits per heavy atom. The molecule has 0 spiro atoms. The Kier molecular flexibility index (Phi) is 8.90. The average molecular weight is 228 g/mol. The van der Waals surface area contributed by atoms with E-state index >= 15 is 0 Å². The van der Waals surface area contributed by atoms with Gasteiger partial charge < -0.3 is 31.7 Å². The average Bonchev–Trinajstić information content (AvgIpc) is 1.89. The summed E-state index contributed by atoms with van der Waals surface area (Å²) in [5.74, 6) is 0. The summed E-state index contributed by atoms with van der Waals surface area (Å²) in [5.41, 5.74) is 0. The molecule has 0 fully saturated rings. The normalized spacial score (nSPS) is 10.9. The topological polar surface area (TPSA) is 40.5 Å². The van der Waals surface area contributed by atoms with Gasteiger partial charge in [-0.25, -0.2) is 0 Å². The number of rotatable bonds is 5. The van der Waals surface area contributed by atoms with Crippen LogP contribution in [-0.4, -0.2) is 54.6 Å². The van der Waals surface area contributed by atoms with Gasteiger partial charge in [-0.2, -0.15) is 0 Å². The molecule has 0 rings (SSSR count). The van der Waals surface area contributed by atoms with E-state index in [1.54, 1.807) is 0 Å². The van der Waals surface area contributed by atoms with Crippen molar-refractivity contribution in [1.29, 1.82) is 0 Å². The van der Waals surface area contributed by atoms with Crippen LogP contribution in [0.25, 0.3) is 0 Å². The molecule has 0 aromatic carbocycles. The number of aliphatic hydroxyl groups is 2. The first-order valence-electron chi connectivity index (χ1n) is 3.74. The first-order chi connectivity index (χ1) is 4.68. The van der Waals surface area contributed by atoms with Crippen LogP contribution in [0.1, 0.15) is 6.92 Å². The second kappa shape index (κ2) is 7.03. The number of hydrogen-bond donors (Lipinski definition) is 2. The van der Waals surface area contributed by atoms with Crippen LogP contribution in [0.15, 0.2) is 0 Å². The molecule has 0 heterocycles. The molecule has 0 saturated heterocycles. The third kappa shape index (κ3) is 5.61. The second-order valence-corrected chi connectivity index (χ2v) is 2.83. The van der Waals surface area contributed by atoms with Gasteiger partial charge in [0.05, 0.1) is 26.8 Å². The van der Waals surface area contributed by atoms with Gasteiger partial charge in [-0.3, -0.25) is 0 Å². The van der Waals surface area contributed by atoms with E-state index in [2.05, 4.69) is 6.92 Å². The fourth-order valence-corrected chi connectivity index (χ4v) is 0.911. The van der Waals surface area contributed by atoms with Crippen molar-refractivity contribution in [2.75, 3.05) is 39.9 Å². The highest BCUT2D eigenvalue weighted by molar-refractivity contribution is 4.34. The van der Waals surface area contributed by atoms with E-state index in [1.807, 2.05) is 7.05 Å². The van der Waals surface area contributed by atoms with Crippen LogP contribution in [0.5, 0.6) is 0 Å². The maximum Gasteiger partial charge on any atom is 0.102 e. The summed E-state index contributed by atoms with van der Waals surface area (Å²) in [5, 5.41) is 17.3. The van der Waals surface area contributed by atoms with Gasteiger partial charge in [0.1, 0.15) is 13.1 Å². The molecule has 0 radical (unpaired) electrons. The molecular formula is C7H18BrNO2. The van der Waals surface area contributed by atoms with E-state index in [4.69, 9.17) is 10.2 Å². The molecule has 0 bridgehead atoms. The molecule has 0 aliphatic rings. The van der Waals surface area contributed by atoms with Crippen molar-refractivity contribution in [3.63, 3.8) is 0 Å². The smallest absolute Gasteiger partial charge is 0.102 e. The predicted molar refractivity (Wildman–Crippen MR) is 40.6 cm³/mol. The van der Waals surface area contributed by atoms with Gasteiger partial charge in [-0.15, -0.1) is 0 Å². The Balaban J connectivity index is 0. The lowest BCUT2D eigenvalue weighted by atomic mass is 10.4. The van der Waals surface area contributed by atoms with Crippen molar-refractivity contribution >= 4 is 0 Å². The molecular weight excluding hydrogens is 210 g/mol. The van der Waals surface area contributed by atoms with E-state index in [9.17, 15) is 0 Å². The quantitative estimate of drug-likeness (QED) is 0.478. The summed E-state index contributed by atoms with van der Waals surface area (Å²) in [6.07, 6.45) is 0. The zero-order valence-electron chi connectivity index (χ0n) is 7.26. The van der Waals surface area contributed by atoms with Crippen LogP contribution in [0, 0.1) is 0 Å². The standard InChI is InChI=1S/C7H18NO2.BrH/c1-3-8(2,4-6-9)5-7-10;/h9-10H,3-7H2,1-2H3;1H/q+1;/p-1. The molecule has 0 unspecified atom stereocenters. The third-order valence-corrected chi connectivity index (χ3v) is 2.04. The summed E-state index contributed by atoms with van der Waals surface area (Å²) < 4.78 is 0.757. The van der Waals surface area contributed by atoms with Gasteiger partial charge >= 0.3 is 0 Å². The maximum absolute atomic E-state index is 8.66. The minimum absolute atomic E-state index is 0. The highest BCUT2D eigenvalue weighted by Crippen LogP contribution is 1.98. The number of likely N-dealkylation sites (N-methyl/N-ethyl adjacent to an activating group) is 1. The second-order valence-electron chi connectivity index (χ2n) is 2.83. The minimum atomic E-state index is 0. The highest BCUT2D eigenvalue weighted by atomic mass is 79.9.